The molecule has 87 heavy (non-hydrogen) atoms. The van der Waals surface area contributed by atoms with Gasteiger partial charge in [0.25, 0.3) is 11.8 Å². The van der Waals surface area contributed by atoms with Gasteiger partial charge in [0.15, 0.2) is 0 Å². The van der Waals surface area contributed by atoms with Gasteiger partial charge in [-0.1, -0.05) is 125 Å². The van der Waals surface area contributed by atoms with Crippen LogP contribution in [0.1, 0.15) is 110 Å². The number of nitrogens with one attached hydrogen (secondary N) is 2. The van der Waals surface area contributed by atoms with E-state index in [1.807, 2.05) is 122 Å². The minimum Gasteiger partial charge on any atom is -0.550 e. The Morgan fingerprint density at radius 3 is 1.18 bits per heavy atom. The largest absolute Gasteiger partial charge is 2.00 e. The number of phosphoric ester groups is 1. The van der Waals surface area contributed by atoms with Crippen molar-refractivity contribution in [2.45, 2.75) is 116 Å². The van der Waals surface area contributed by atoms with E-state index in [1.54, 1.807) is 60.7 Å². The van der Waals surface area contributed by atoms with Crippen molar-refractivity contribution in [3.05, 3.63) is 204 Å². The van der Waals surface area contributed by atoms with Gasteiger partial charge in [0.05, 0.1) is 46.9 Å². The number of benzene rings is 6. The van der Waals surface area contributed by atoms with E-state index in [0.717, 1.165) is 16.8 Å². The fraction of sp³-hybridized carbons (Fsp3) is 0.273. The third-order valence-electron chi connectivity index (χ3n) is 14.1. The van der Waals surface area contributed by atoms with Gasteiger partial charge in [-0.3, -0.25) is 14.1 Å². The summed E-state index contributed by atoms with van der Waals surface area (Å²) in [7, 11) is -5.04. The van der Waals surface area contributed by atoms with Gasteiger partial charge in [-0.25, -0.2) is 13.3 Å². The molecule has 0 saturated carbocycles. The fourth-order valence-corrected chi connectivity index (χ4v) is 11.2. The summed E-state index contributed by atoms with van der Waals surface area (Å²) in [5.41, 5.74) is 8.91. The number of carbonyl (C=O) groups excluding carboxylic acids is 4. The van der Waals surface area contributed by atoms with Gasteiger partial charge in [0.1, 0.15) is 11.6 Å². The molecule has 0 bridgehead atoms. The summed E-state index contributed by atoms with van der Waals surface area (Å²) in [6.07, 6.45) is -6.73. The normalized spacial score (nSPS) is 12.7. The van der Waals surface area contributed by atoms with E-state index in [4.69, 9.17) is 0 Å². The summed E-state index contributed by atoms with van der Waals surface area (Å²) in [5, 5.41) is 59.7. The summed E-state index contributed by atoms with van der Waals surface area (Å²) in [6, 6.07) is 48.8. The molecule has 452 valence electrons. The molecule has 21 heteroatoms. The number of para-hydroxylation sites is 2. The topological polar surface area (TPSA) is 276 Å². The van der Waals surface area contributed by atoms with Crippen LogP contribution in [0, 0.1) is 11.6 Å². The van der Waals surface area contributed by atoms with E-state index >= 15 is 0 Å². The van der Waals surface area contributed by atoms with Crippen LogP contribution in [-0.4, -0.2) is 120 Å². The van der Waals surface area contributed by atoms with Crippen molar-refractivity contribution < 1.29 is 72.4 Å². The summed E-state index contributed by atoms with van der Waals surface area (Å²) >= 11 is 0. The molecule has 8 rings (SSSR count). The molecular formula is C66H69CaF2N4O13P. The molecule has 8 aromatic rings. The van der Waals surface area contributed by atoms with Crippen LogP contribution in [-0.2, 0) is 31.8 Å². The number of carbonyl (C=O) groups is 4. The quantitative estimate of drug-likeness (QED) is 0.0197. The number of aliphatic carboxylic acids is 2. The monoisotopic (exact) mass is 1230 g/mol. The number of anilines is 2. The van der Waals surface area contributed by atoms with E-state index in [0.29, 0.717) is 61.8 Å². The Morgan fingerprint density at radius 1 is 0.506 bits per heavy atom. The second-order valence-corrected chi connectivity index (χ2v) is 22.5. The first-order valence-electron chi connectivity index (χ1n) is 28.1. The zero-order valence-corrected chi connectivity index (χ0v) is 51.7. The van der Waals surface area contributed by atoms with E-state index in [9.17, 15) is 67.8 Å². The maximum absolute atomic E-state index is 14.1. The number of hydrogen-bond donors (Lipinski definition) is 7. The second kappa shape index (κ2) is 32.2. The number of aliphatic hydroxyl groups excluding tert-OH is 3. The van der Waals surface area contributed by atoms with E-state index in [1.165, 1.54) is 24.3 Å². The van der Waals surface area contributed by atoms with Crippen LogP contribution in [0.3, 0.4) is 0 Å². The molecule has 0 aliphatic heterocycles. The van der Waals surface area contributed by atoms with Gasteiger partial charge in [0.2, 0.25) is 0 Å². The molecular weight excluding hydrogens is 1170 g/mol. The van der Waals surface area contributed by atoms with Crippen molar-refractivity contribution in [3.63, 3.8) is 0 Å². The van der Waals surface area contributed by atoms with Gasteiger partial charge in [-0.2, -0.15) is 0 Å². The number of carboxylic acid groups (broad SMARTS) is 2. The SMILES string of the molecule is CC(C)c1c(C(=O)Nc2ccccc2)c(-c2ccccc2)c(-c2ccc(F)cc2)n1CC[C@@H](O)C[C@@H](O)CC(=O)[O-].CC(C)c1c(C(=O)Nc2ccccc2)c(-c2ccccc2)c(-c2ccc(F)cc2)n1CC[C@@H](O)C[C@H](CC(=O)[O-])OP(=O)(O)O.[Ca+2]. The van der Waals surface area contributed by atoms with E-state index < -0.39 is 75.1 Å². The molecule has 6 aromatic carbocycles. The smallest absolute Gasteiger partial charge is 0.550 e. The van der Waals surface area contributed by atoms with Crippen molar-refractivity contribution in [1.29, 1.82) is 0 Å². The van der Waals surface area contributed by atoms with Crippen LogP contribution in [0.5, 0.6) is 0 Å². The molecule has 0 aliphatic carbocycles. The average molecular weight is 1240 g/mol. The minimum atomic E-state index is -5.04. The molecule has 4 atom stereocenters. The van der Waals surface area contributed by atoms with Crippen LogP contribution < -0.4 is 20.8 Å². The number of nitrogens with zero attached hydrogens (tertiary/aromatic N) is 2. The first-order chi connectivity index (χ1) is 41.0. The Morgan fingerprint density at radius 2 is 0.851 bits per heavy atom. The zero-order chi connectivity index (χ0) is 62.2. The maximum atomic E-state index is 14.1. The molecule has 0 aliphatic rings. The van der Waals surface area contributed by atoms with E-state index in [2.05, 4.69) is 15.2 Å². The maximum Gasteiger partial charge on any atom is 2.00 e. The Labute approximate surface area is 533 Å². The van der Waals surface area contributed by atoms with Gasteiger partial charge >= 0.3 is 45.6 Å². The molecule has 0 radical (unpaired) electrons. The molecule has 2 aromatic heterocycles. The van der Waals surface area contributed by atoms with E-state index in [-0.39, 0.29) is 93.7 Å². The summed E-state index contributed by atoms with van der Waals surface area (Å²) in [5.74, 6) is -4.81. The first kappa shape index (κ1) is 69.0. The molecule has 0 saturated heterocycles. The average Bonchev–Trinajstić information content (AvgIpc) is 1.80. The Bertz CT molecular complexity index is 3600. The number of carboxylic acids is 2. The number of phosphoric acid groups is 1. The van der Waals surface area contributed by atoms with Crippen molar-refractivity contribution in [2.24, 2.45) is 0 Å². The number of hydrogen-bond acceptors (Lipinski definition) is 11. The molecule has 2 heterocycles. The Hall–Kier alpha value is -7.13. The van der Waals surface area contributed by atoms with Gasteiger partial charge in [-0.15, -0.1) is 0 Å². The third-order valence-corrected chi connectivity index (χ3v) is 14.7. The van der Waals surface area contributed by atoms with Crippen molar-refractivity contribution in [1.82, 2.24) is 9.13 Å². The van der Waals surface area contributed by atoms with Crippen LogP contribution >= 0.6 is 7.82 Å². The number of halogens is 2. The second-order valence-electron chi connectivity index (χ2n) is 21.3. The fourth-order valence-electron chi connectivity index (χ4n) is 10.6. The Balaban J connectivity index is 0.000000276. The predicted molar refractivity (Wildman–Crippen MR) is 326 cm³/mol. The van der Waals surface area contributed by atoms with Crippen molar-refractivity contribution in [2.75, 3.05) is 10.6 Å². The molecule has 17 nitrogen and oxygen atoms in total. The van der Waals surface area contributed by atoms with Crippen LogP contribution in [0.2, 0.25) is 0 Å². The van der Waals surface area contributed by atoms with Crippen LogP contribution in [0.4, 0.5) is 20.2 Å². The number of aromatic nitrogens is 2. The molecule has 0 spiro atoms. The van der Waals surface area contributed by atoms with Gasteiger partial charge in [0, 0.05) is 78.2 Å². The van der Waals surface area contributed by atoms with Crippen LogP contribution in [0.15, 0.2) is 170 Å². The minimum absolute atomic E-state index is 0. The predicted octanol–water partition coefficient (Wildman–Crippen LogP) is 9.69. The molecule has 0 unspecified atom stereocenters. The summed E-state index contributed by atoms with van der Waals surface area (Å²) in [4.78, 5) is 68.7. The first-order valence-corrected chi connectivity index (χ1v) is 29.6. The van der Waals surface area contributed by atoms with Gasteiger partial charge < -0.3 is 64.7 Å². The molecule has 7 N–H and O–H groups in total. The van der Waals surface area contributed by atoms with Gasteiger partial charge in [-0.05, 0) is 126 Å². The summed E-state index contributed by atoms with van der Waals surface area (Å²) in [6.45, 7) is 8.19. The summed E-state index contributed by atoms with van der Waals surface area (Å²) < 4.78 is 48.0. The molecule has 0 fully saturated rings. The van der Waals surface area contributed by atoms with Crippen molar-refractivity contribution >= 4 is 80.7 Å². The van der Waals surface area contributed by atoms with Crippen LogP contribution in [0.25, 0.3) is 44.8 Å². The number of amides is 2. The third kappa shape index (κ3) is 19.2. The van der Waals surface area contributed by atoms with Crippen molar-refractivity contribution in [3.8, 4) is 44.8 Å². The molecule has 2 amide bonds. The number of aliphatic hydroxyl groups is 3. The zero-order valence-electron chi connectivity index (χ0n) is 48.6. The standard InChI is InChI=1S/C33H36FN2O8P.C33H35FN2O5.Ca/c1-21(2)31-30(33(40)35-25-11-7-4-8-12-25)29(22-9-5-3-6-10-22)32(23-13-15-24(34)16-14-23)36(31)18-17-26(37)19-27(20-28(38)39)44-45(41,42)43;1-21(2)31-30(33(41)35-25-11-7-4-8-12-25)29(22-9-5-3-6-10-22)32(23-13-15-24(34)16-14-23)36(31)18-17-26(37)19-27(38)20-28(39)40;/h3-16,21,26-27,37H,17-20H2,1-2H3,(H,35,40)(H,38,39)(H2,41,42,43);3-16,21,26-27,37-38H,17-20H2,1-2H3,(H,35,41)(H,39,40);/q;;+2/p-2/t2*26-,27-;/m11./s1. The number of rotatable bonds is 26. The Kier molecular flexibility index (Phi) is 25.5.